The number of rotatable bonds is 4. The van der Waals surface area contributed by atoms with Gasteiger partial charge in [0.25, 0.3) is 0 Å². The van der Waals surface area contributed by atoms with Crippen LogP contribution in [0.4, 0.5) is 0 Å². The summed E-state index contributed by atoms with van der Waals surface area (Å²) in [5.74, 6) is -3.03. The lowest BCUT2D eigenvalue weighted by Crippen LogP contribution is -2.75. The maximum absolute atomic E-state index is 13.5. The van der Waals surface area contributed by atoms with Gasteiger partial charge in [0.15, 0.2) is 11.9 Å². The molecule has 0 aromatic rings. The number of fused-ring (bicyclic) bond motifs is 2. The Hall–Kier alpha value is -2.39. The number of ether oxygens (including phenoxy) is 5. The monoisotopic (exact) mass is 552 g/mol. The molecule has 7 aliphatic rings. The Morgan fingerprint density at radius 3 is 2.41 bits per heavy atom. The molecule has 2 bridgehead atoms. The molecule has 0 radical (unpaired) electrons. The van der Waals surface area contributed by atoms with E-state index in [1.165, 1.54) is 0 Å². The molecular formula is C26H32O13. The molecule has 7 rings (SSSR count). The first-order valence-electron chi connectivity index (χ1n) is 13.1. The van der Waals surface area contributed by atoms with E-state index in [0.717, 1.165) is 6.08 Å². The minimum absolute atomic E-state index is 0.140. The summed E-state index contributed by atoms with van der Waals surface area (Å²) in [5.41, 5.74) is -3.50. The third-order valence-electron chi connectivity index (χ3n) is 9.88. The van der Waals surface area contributed by atoms with Crippen molar-refractivity contribution in [3.63, 3.8) is 0 Å². The van der Waals surface area contributed by atoms with Gasteiger partial charge >= 0.3 is 17.9 Å². The lowest BCUT2D eigenvalue weighted by Gasteiger charge is -2.67. The average molecular weight is 553 g/mol. The second-order valence-corrected chi connectivity index (χ2v) is 11.8. The normalized spacial score (nSPS) is 52.4. The number of hydrogen-bond acceptors (Lipinski definition) is 13. The third kappa shape index (κ3) is 3.54. The third-order valence-corrected chi connectivity index (χ3v) is 9.88. The Kier molecular flexibility index (Phi) is 6.05. The summed E-state index contributed by atoms with van der Waals surface area (Å²) < 4.78 is 28.1. The average Bonchev–Trinajstić information content (AvgIpc) is 3.22. The van der Waals surface area contributed by atoms with E-state index in [0.29, 0.717) is 12.8 Å². The lowest BCUT2D eigenvalue weighted by atomic mass is 9.42. The Morgan fingerprint density at radius 2 is 1.77 bits per heavy atom. The van der Waals surface area contributed by atoms with Gasteiger partial charge in [0.05, 0.1) is 12.5 Å². The largest absolute Gasteiger partial charge is 0.457 e. The molecule has 13 atom stereocenters. The number of carbonyl (C=O) groups excluding carboxylic acids is 3. The second kappa shape index (κ2) is 8.80. The Bertz CT molecular complexity index is 1150. The first kappa shape index (κ1) is 26.8. The zero-order valence-electron chi connectivity index (χ0n) is 21.3. The van der Waals surface area contributed by atoms with Crippen LogP contribution in [-0.4, -0.2) is 105 Å². The van der Waals surface area contributed by atoms with Crippen LogP contribution in [0.15, 0.2) is 23.8 Å². The van der Waals surface area contributed by atoms with Crippen LogP contribution in [0.2, 0.25) is 0 Å². The van der Waals surface area contributed by atoms with Gasteiger partial charge < -0.3 is 49.2 Å². The van der Waals surface area contributed by atoms with Crippen molar-refractivity contribution >= 4 is 17.9 Å². The summed E-state index contributed by atoms with van der Waals surface area (Å²) in [6.07, 6.45) is -5.88. The van der Waals surface area contributed by atoms with Gasteiger partial charge in [-0.2, -0.15) is 0 Å². The second-order valence-electron chi connectivity index (χ2n) is 11.8. The Balaban J connectivity index is 1.37. The van der Waals surface area contributed by atoms with E-state index in [1.54, 1.807) is 12.2 Å². The highest BCUT2D eigenvalue weighted by Gasteiger charge is 2.74. The fraction of sp³-hybridized carbons (Fsp3) is 0.731. The number of cyclic esters (lactones) is 2. The van der Waals surface area contributed by atoms with Gasteiger partial charge in [-0.1, -0.05) is 13.8 Å². The molecular weight excluding hydrogens is 520 g/mol. The van der Waals surface area contributed by atoms with Crippen molar-refractivity contribution in [3.8, 4) is 0 Å². The van der Waals surface area contributed by atoms with Crippen molar-refractivity contribution in [2.24, 2.45) is 22.7 Å². The Morgan fingerprint density at radius 1 is 1.03 bits per heavy atom. The summed E-state index contributed by atoms with van der Waals surface area (Å²) >= 11 is 0. The van der Waals surface area contributed by atoms with Crippen molar-refractivity contribution < 1.29 is 63.6 Å². The summed E-state index contributed by atoms with van der Waals surface area (Å²) in [7, 11) is 0. The van der Waals surface area contributed by atoms with E-state index < -0.39 is 102 Å². The first-order valence-corrected chi connectivity index (χ1v) is 13.1. The first-order chi connectivity index (χ1) is 18.4. The molecule has 39 heavy (non-hydrogen) atoms. The predicted molar refractivity (Wildman–Crippen MR) is 124 cm³/mol. The van der Waals surface area contributed by atoms with Gasteiger partial charge in [-0.3, -0.25) is 4.79 Å². The molecule has 13 heteroatoms. The van der Waals surface area contributed by atoms with Crippen molar-refractivity contribution in [2.75, 3.05) is 6.61 Å². The molecule has 1 saturated carbocycles. The number of esters is 3. The predicted octanol–water partition coefficient (Wildman–Crippen LogP) is -1.81. The van der Waals surface area contributed by atoms with Crippen LogP contribution < -0.4 is 0 Å². The highest BCUT2D eigenvalue weighted by Crippen LogP contribution is 2.68. The Labute approximate surface area is 222 Å². The van der Waals surface area contributed by atoms with Crippen LogP contribution in [0.5, 0.6) is 0 Å². The van der Waals surface area contributed by atoms with Gasteiger partial charge in [0.2, 0.25) is 6.29 Å². The van der Waals surface area contributed by atoms with E-state index in [1.807, 2.05) is 13.8 Å². The number of carbonyl (C=O) groups is 3. The molecule has 4 fully saturated rings. The molecule has 0 aromatic heterocycles. The minimum atomic E-state index is -1.80. The maximum atomic E-state index is 13.5. The summed E-state index contributed by atoms with van der Waals surface area (Å²) in [4.78, 5) is 38.5. The summed E-state index contributed by atoms with van der Waals surface area (Å²) in [6, 6.07) is 0. The highest BCUT2D eigenvalue weighted by atomic mass is 16.7. The van der Waals surface area contributed by atoms with E-state index in [4.69, 9.17) is 23.7 Å². The number of aliphatic hydroxyl groups excluding tert-OH is 5. The van der Waals surface area contributed by atoms with Gasteiger partial charge in [-0.15, -0.1) is 0 Å². The van der Waals surface area contributed by atoms with Crippen molar-refractivity contribution in [1.82, 2.24) is 0 Å². The molecule has 0 aromatic carbocycles. The standard InChI is InChI=1S/C26H32O13/c1-24-8-13(10-7-15(28)38-20(10)32)35-21(33)11(24)3-5-25(2)19(24)12-4-6-26(25,23(34)37-12)39-22-18(31)17(30)16(29)14(9-27)36-22/h4,6-7,11-14,16-20,22,27,29-32H,3,5,8-9H2,1-2H3. The molecule has 214 valence electrons. The van der Waals surface area contributed by atoms with Crippen LogP contribution in [-0.2, 0) is 38.1 Å². The van der Waals surface area contributed by atoms with Crippen LogP contribution in [0.1, 0.15) is 33.1 Å². The minimum Gasteiger partial charge on any atom is -0.457 e. The van der Waals surface area contributed by atoms with E-state index in [9.17, 15) is 39.9 Å². The zero-order valence-corrected chi connectivity index (χ0v) is 21.3. The van der Waals surface area contributed by atoms with Crippen LogP contribution in [0, 0.1) is 22.7 Å². The number of hydrogen-bond donors (Lipinski definition) is 5. The molecule has 0 amide bonds. The quantitative estimate of drug-likeness (QED) is 0.149. The zero-order chi connectivity index (χ0) is 28.1. The lowest BCUT2D eigenvalue weighted by molar-refractivity contribution is -0.350. The molecule has 5 heterocycles. The van der Waals surface area contributed by atoms with Crippen molar-refractivity contribution in [1.29, 1.82) is 0 Å². The van der Waals surface area contributed by atoms with Gasteiger partial charge in [-0.25, -0.2) is 9.59 Å². The molecule has 5 aliphatic heterocycles. The highest BCUT2D eigenvalue weighted by molar-refractivity contribution is 5.87. The van der Waals surface area contributed by atoms with E-state index in [-0.39, 0.29) is 12.0 Å². The molecule has 5 N–H and O–H groups in total. The van der Waals surface area contributed by atoms with Gasteiger partial charge in [-0.05, 0) is 36.8 Å². The van der Waals surface area contributed by atoms with E-state index in [2.05, 4.69) is 0 Å². The van der Waals surface area contributed by atoms with Crippen molar-refractivity contribution in [2.45, 2.75) is 87.9 Å². The van der Waals surface area contributed by atoms with E-state index >= 15 is 0 Å². The topological polar surface area (TPSA) is 199 Å². The summed E-state index contributed by atoms with van der Waals surface area (Å²) in [6.45, 7) is 3.06. The van der Waals surface area contributed by atoms with Crippen LogP contribution in [0.25, 0.3) is 0 Å². The fourth-order valence-corrected chi connectivity index (χ4v) is 7.93. The maximum Gasteiger partial charge on any atom is 0.343 e. The van der Waals surface area contributed by atoms with Crippen LogP contribution >= 0.6 is 0 Å². The van der Waals surface area contributed by atoms with Crippen LogP contribution in [0.3, 0.4) is 0 Å². The fourth-order valence-electron chi connectivity index (χ4n) is 7.93. The smallest absolute Gasteiger partial charge is 0.343 e. The van der Waals surface area contributed by atoms with Gasteiger partial charge in [0, 0.05) is 23.0 Å². The number of aliphatic hydroxyl groups is 5. The van der Waals surface area contributed by atoms with Gasteiger partial charge in [0.1, 0.15) is 36.6 Å². The SMILES string of the molecule is CC12CC(C3=CC(=O)OC3O)OC(=O)C1CCC1(C)C2C2C=CC1(OC1OC(CO)C(O)C(O)C1O)C(=O)O2. The molecule has 13 unspecified atom stereocenters. The molecule has 13 nitrogen and oxygen atoms in total. The summed E-state index contributed by atoms with van der Waals surface area (Å²) in [5, 5.41) is 51.0. The molecule has 2 aliphatic carbocycles. The molecule has 3 saturated heterocycles. The van der Waals surface area contributed by atoms with Crippen molar-refractivity contribution in [3.05, 3.63) is 23.8 Å². The molecule has 0 spiro atoms.